The highest BCUT2D eigenvalue weighted by atomic mass is 16.6. The van der Waals surface area contributed by atoms with Gasteiger partial charge in [0, 0.05) is 12.8 Å². The van der Waals surface area contributed by atoms with E-state index in [2.05, 4.69) is 51.2 Å². The third kappa shape index (κ3) is 32.1. The van der Waals surface area contributed by atoms with E-state index in [-0.39, 0.29) is 31.6 Å². The minimum absolute atomic E-state index is 0.154. The summed E-state index contributed by atoms with van der Waals surface area (Å²) in [7, 11) is 0. The van der Waals surface area contributed by atoms with Crippen molar-refractivity contribution in [2.75, 3.05) is 13.2 Å². The van der Waals surface area contributed by atoms with Crippen molar-refractivity contribution in [3.05, 3.63) is 72.9 Å². The number of unbranched alkanes of at least 4 members (excludes halogenated alkanes) is 5. The Bertz CT molecular complexity index is 849. The first-order valence-corrected chi connectivity index (χ1v) is 16.5. The number of aliphatic hydroxyl groups is 2. The Balaban J connectivity index is 3.71. The van der Waals surface area contributed by atoms with Crippen LogP contribution in [0, 0.1) is 5.92 Å². The molecule has 1 unspecified atom stereocenters. The summed E-state index contributed by atoms with van der Waals surface area (Å²) in [5.74, 6) is 0.0706. The van der Waals surface area contributed by atoms with Gasteiger partial charge in [-0.2, -0.15) is 0 Å². The fourth-order valence-electron chi connectivity index (χ4n) is 3.97. The van der Waals surface area contributed by atoms with Gasteiger partial charge in [0.05, 0.1) is 6.10 Å². The number of hydrogen-bond donors (Lipinski definition) is 2. The third-order valence-corrected chi connectivity index (χ3v) is 6.48. The molecule has 0 rings (SSSR count). The number of rotatable bonds is 27. The normalized spacial score (nSPS) is 14.0. The van der Waals surface area contributed by atoms with E-state index in [0.29, 0.717) is 19.3 Å². The van der Waals surface area contributed by atoms with Crippen molar-refractivity contribution in [1.29, 1.82) is 0 Å². The first kappa shape index (κ1) is 40.3. The van der Waals surface area contributed by atoms with Crippen LogP contribution >= 0.6 is 0 Å². The highest BCUT2D eigenvalue weighted by Gasteiger charge is 2.11. The lowest BCUT2D eigenvalue weighted by Crippen LogP contribution is -2.25. The van der Waals surface area contributed by atoms with Crippen molar-refractivity contribution in [3.8, 4) is 0 Å². The molecule has 0 heterocycles. The Kier molecular flexibility index (Phi) is 28.8. The van der Waals surface area contributed by atoms with Gasteiger partial charge in [-0.15, -0.1) is 0 Å². The molecule has 244 valence electrons. The van der Waals surface area contributed by atoms with Gasteiger partial charge in [-0.05, 0) is 50.9 Å². The van der Waals surface area contributed by atoms with Crippen molar-refractivity contribution < 1.29 is 29.3 Å². The van der Waals surface area contributed by atoms with Gasteiger partial charge in [0.15, 0.2) is 0 Å². The van der Waals surface area contributed by atoms with E-state index in [9.17, 15) is 19.8 Å². The molecule has 43 heavy (non-hydrogen) atoms. The molecule has 0 aromatic rings. The van der Waals surface area contributed by atoms with Gasteiger partial charge >= 0.3 is 11.9 Å². The third-order valence-electron chi connectivity index (χ3n) is 6.48. The maximum Gasteiger partial charge on any atom is 0.306 e. The highest BCUT2D eigenvalue weighted by Crippen LogP contribution is 2.12. The van der Waals surface area contributed by atoms with Crippen LogP contribution in [-0.2, 0) is 19.1 Å². The number of esters is 2. The molecule has 0 radical (unpaired) electrons. The zero-order chi connectivity index (χ0) is 31.8. The van der Waals surface area contributed by atoms with E-state index >= 15 is 0 Å². The van der Waals surface area contributed by atoms with Crippen LogP contribution in [0.25, 0.3) is 0 Å². The number of ether oxygens (including phenoxy) is 2. The van der Waals surface area contributed by atoms with E-state index in [1.807, 2.05) is 36.5 Å². The monoisotopic (exact) mass is 600 g/mol. The molecule has 0 aliphatic rings. The molecule has 0 amide bonds. The Morgan fingerprint density at radius 1 is 0.651 bits per heavy atom. The van der Waals surface area contributed by atoms with E-state index in [0.717, 1.165) is 50.9 Å². The Labute approximate surface area is 262 Å². The summed E-state index contributed by atoms with van der Waals surface area (Å²) in [5, 5.41) is 19.7. The predicted octanol–water partition coefficient (Wildman–Crippen LogP) is 8.66. The summed E-state index contributed by atoms with van der Waals surface area (Å²) in [5.41, 5.74) is 0. The summed E-state index contributed by atoms with van der Waals surface area (Å²) in [6.45, 7) is 6.25. The van der Waals surface area contributed by atoms with Gasteiger partial charge in [0.2, 0.25) is 0 Å². The molecule has 0 aromatic heterocycles. The van der Waals surface area contributed by atoms with Gasteiger partial charge < -0.3 is 19.7 Å². The summed E-state index contributed by atoms with van der Waals surface area (Å²) in [6.07, 6.45) is 35.9. The first-order chi connectivity index (χ1) is 20.8. The SMILES string of the molecule is CC/C=C\CC(O)/C=C/C=C/C/C=C\C/C=C\C/C=C\CCC(=O)OC[C@H](O)COC(=O)CCCCCCCCC(C)C. The Hall–Kier alpha value is -2.70. The fourth-order valence-corrected chi connectivity index (χ4v) is 3.97. The van der Waals surface area contributed by atoms with Gasteiger partial charge in [-0.1, -0.05) is 132 Å². The molecule has 2 N–H and O–H groups in total. The van der Waals surface area contributed by atoms with Crippen LogP contribution in [0.1, 0.15) is 117 Å². The molecule has 0 saturated heterocycles. The topological polar surface area (TPSA) is 93.1 Å². The number of hydrogen-bond acceptors (Lipinski definition) is 6. The molecule has 0 saturated carbocycles. The van der Waals surface area contributed by atoms with Crippen molar-refractivity contribution in [3.63, 3.8) is 0 Å². The molecule has 6 nitrogen and oxygen atoms in total. The quantitative estimate of drug-likeness (QED) is 0.0424. The van der Waals surface area contributed by atoms with E-state index in [1.165, 1.54) is 25.7 Å². The van der Waals surface area contributed by atoms with Crippen LogP contribution < -0.4 is 0 Å². The summed E-state index contributed by atoms with van der Waals surface area (Å²) >= 11 is 0. The van der Waals surface area contributed by atoms with Crippen LogP contribution in [0.3, 0.4) is 0 Å². The standard InChI is InChI=1S/C37H60O6/c1-4-5-21-27-34(38)28-23-18-13-11-9-7-6-8-10-12-14-19-24-29-36(40)42-31-35(39)32-43-37(41)30-25-20-16-15-17-22-26-33(2)3/h5,7-10,13-14,18-19,21,23,28,33-35,38-39H,4,6,11-12,15-17,20,22,24-27,29-32H2,1-3H3/b9-7-,10-8-,18-13+,19-14-,21-5-,28-23+/t34?,35-/m0/s1. The maximum absolute atomic E-state index is 11.9. The van der Waals surface area contributed by atoms with Gasteiger partial charge in [-0.25, -0.2) is 0 Å². The Morgan fingerprint density at radius 3 is 1.84 bits per heavy atom. The van der Waals surface area contributed by atoms with Gasteiger partial charge in [0.1, 0.15) is 19.3 Å². The molecule has 0 aliphatic carbocycles. The van der Waals surface area contributed by atoms with Crippen molar-refractivity contribution in [2.24, 2.45) is 5.92 Å². The van der Waals surface area contributed by atoms with Crippen LogP contribution in [0.5, 0.6) is 0 Å². The van der Waals surface area contributed by atoms with E-state index in [4.69, 9.17) is 9.47 Å². The minimum atomic E-state index is -1.01. The molecule has 0 spiro atoms. The second kappa shape index (κ2) is 30.7. The lowest BCUT2D eigenvalue weighted by atomic mass is 10.0. The zero-order valence-corrected chi connectivity index (χ0v) is 27.2. The molecule has 0 fully saturated rings. The zero-order valence-electron chi connectivity index (χ0n) is 27.2. The smallest absolute Gasteiger partial charge is 0.306 e. The number of carbonyl (C=O) groups is 2. The van der Waals surface area contributed by atoms with Gasteiger partial charge in [-0.3, -0.25) is 9.59 Å². The molecule has 0 aliphatic heterocycles. The largest absolute Gasteiger partial charge is 0.463 e. The number of allylic oxidation sites excluding steroid dienone is 10. The van der Waals surface area contributed by atoms with Gasteiger partial charge in [0.25, 0.3) is 0 Å². The second-order valence-corrected chi connectivity index (χ2v) is 11.2. The fraction of sp³-hybridized carbons (Fsp3) is 0.622. The molecular formula is C37H60O6. The van der Waals surface area contributed by atoms with Crippen LogP contribution in [-0.4, -0.2) is 47.6 Å². The van der Waals surface area contributed by atoms with Crippen molar-refractivity contribution >= 4 is 11.9 Å². The van der Waals surface area contributed by atoms with Crippen LogP contribution in [0.4, 0.5) is 0 Å². The van der Waals surface area contributed by atoms with E-state index in [1.54, 1.807) is 6.08 Å². The summed E-state index contributed by atoms with van der Waals surface area (Å²) < 4.78 is 10.2. The summed E-state index contributed by atoms with van der Waals surface area (Å²) in [6, 6.07) is 0. The van der Waals surface area contributed by atoms with Crippen LogP contribution in [0.2, 0.25) is 0 Å². The summed E-state index contributed by atoms with van der Waals surface area (Å²) in [4.78, 5) is 23.7. The molecule has 2 atom stereocenters. The number of carbonyl (C=O) groups excluding carboxylic acids is 2. The van der Waals surface area contributed by atoms with Crippen molar-refractivity contribution in [2.45, 2.75) is 129 Å². The average molecular weight is 601 g/mol. The van der Waals surface area contributed by atoms with Crippen LogP contribution in [0.15, 0.2) is 72.9 Å². The molecule has 0 bridgehead atoms. The second-order valence-electron chi connectivity index (χ2n) is 11.2. The lowest BCUT2D eigenvalue weighted by Gasteiger charge is -2.12. The lowest BCUT2D eigenvalue weighted by molar-refractivity contribution is -0.152. The maximum atomic E-state index is 11.9. The Morgan fingerprint density at radius 2 is 1.21 bits per heavy atom. The molecular weight excluding hydrogens is 540 g/mol. The van der Waals surface area contributed by atoms with Crippen molar-refractivity contribution in [1.82, 2.24) is 0 Å². The highest BCUT2D eigenvalue weighted by molar-refractivity contribution is 5.70. The predicted molar refractivity (Wildman–Crippen MR) is 179 cm³/mol. The minimum Gasteiger partial charge on any atom is -0.463 e. The number of aliphatic hydroxyl groups excluding tert-OH is 2. The molecule has 0 aromatic carbocycles. The first-order valence-electron chi connectivity index (χ1n) is 16.5. The van der Waals surface area contributed by atoms with E-state index < -0.39 is 12.2 Å². The molecule has 6 heteroatoms. The average Bonchev–Trinajstić information content (AvgIpc) is 2.98.